The van der Waals surface area contributed by atoms with Crippen LogP contribution in [-0.4, -0.2) is 5.78 Å². The Kier molecular flexibility index (Phi) is 4.85. The first-order valence-electron chi connectivity index (χ1n) is 6.53. The van der Waals surface area contributed by atoms with E-state index < -0.39 is 0 Å². The Morgan fingerprint density at radius 2 is 2.00 bits per heavy atom. The zero-order valence-electron chi connectivity index (χ0n) is 10.6. The van der Waals surface area contributed by atoms with Crippen LogP contribution in [-0.2, 0) is 11.2 Å². The van der Waals surface area contributed by atoms with Crippen LogP contribution < -0.4 is 0 Å². The van der Waals surface area contributed by atoms with E-state index in [0.717, 1.165) is 28.8 Å². The van der Waals surface area contributed by atoms with Crippen molar-refractivity contribution >= 4 is 33.3 Å². The molecule has 2 rings (SSSR count). The molecule has 0 bridgehead atoms. The zero-order chi connectivity index (χ0) is 13.1. The zero-order valence-corrected chi connectivity index (χ0v) is 12.9. The highest BCUT2D eigenvalue weighted by Crippen LogP contribution is 2.30. The Morgan fingerprint density at radius 3 is 2.61 bits per heavy atom. The molecule has 0 spiro atoms. The van der Waals surface area contributed by atoms with Gasteiger partial charge in [0.05, 0.1) is 0 Å². The molecule has 0 aromatic heterocycles. The summed E-state index contributed by atoms with van der Waals surface area (Å²) >= 11 is 9.53. The number of carbonyl (C=O) groups excluding carboxylic acids is 1. The van der Waals surface area contributed by atoms with Crippen molar-refractivity contribution < 1.29 is 4.79 Å². The number of halogens is 2. The van der Waals surface area contributed by atoms with Crippen LogP contribution in [0.25, 0.3) is 0 Å². The third kappa shape index (κ3) is 3.58. The number of rotatable bonds is 3. The second kappa shape index (κ2) is 6.21. The predicted molar refractivity (Wildman–Crippen MR) is 79.0 cm³/mol. The van der Waals surface area contributed by atoms with Gasteiger partial charge in [-0.1, -0.05) is 53.4 Å². The largest absolute Gasteiger partial charge is 0.299 e. The Hall–Kier alpha value is -0.340. The summed E-state index contributed by atoms with van der Waals surface area (Å²) in [5, 5.41) is 0.682. The van der Waals surface area contributed by atoms with Gasteiger partial charge in [0.1, 0.15) is 5.78 Å². The fraction of sp³-hybridized carbons (Fsp3) is 0.533. The van der Waals surface area contributed by atoms with Crippen LogP contribution in [0, 0.1) is 11.8 Å². The molecule has 0 radical (unpaired) electrons. The molecule has 0 unspecified atom stereocenters. The van der Waals surface area contributed by atoms with Crippen molar-refractivity contribution in [2.24, 2.45) is 11.8 Å². The molecule has 0 heterocycles. The van der Waals surface area contributed by atoms with Crippen molar-refractivity contribution in [2.75, 3.05) is 0 Å². The average molecular weight is 330 g/mol. The first kappa shape index (κ1) is 14.1. The molecular weight excluding hydrogens is 312 g/mol. The summed E-state index contributed by atoms with van der Waals surface area (Å²) in [6.07, 6.45) is 4.95. The second-order valence-corrected chi connectivity index (χ2v) is 6.66. The van der Waals surface area contributed by atoms with Crippen LogP contribution in [0.5, 0.6) is 0 Å². The van der Waals surface area contributed by atoms with E-state index in [9.17, 15) is 4.79 Å². The number of carbonyl (C=O) groups is 1. The standard InChI is InChI=1S/C15H18BrClO/c1-10-2-4-11(5-3-10)15(18)8-12-6-7-13(16)9-14(12)17/h6-7,9-11H,2-5,8H2,1H3. The normalized spacial score (nSPS) is 23.9. The minimum Gasteiger partial charge on any atom is -0.299 e. The van der Waals surface area contributed by atoms with Crippen LogP contribution in [0.15, 0.2) is 22.7 Å². The summed E-state index contributed by atoms with van der Waals surface area (Å²) in [7, 11) is 0. The molecule has 1 aromatic carbocycles. The smallest absolute Gasteiger partial charge is 0.140 e. The van der Waals surface area contributed by atoms with Crippen LogP contribution in [0.1, 0.15) is 38.2 Å². The monoisotopic (exact) mass is 328 g/mol. The Bertz CT molecular complexity index is 436. The Labute approximate surface area is 122 Å². The molecule has 18 heavy (non-hydrogen) atoms. The first-order valence-corrected chi connectivity index (χ1v) is 7.70. The SMILES string of the molecule is CC1CCC(C(=O)Cc2ccc(Br)cc2Cl)CC1. The average Bonchev–Trinajstić information content (AvgIpc) is 2.33. The number of hydrogen-bond acceptors (Lipinski definition) is 1. The second-order valence-electron chi connectivity index (χ2n) is 5.34. The topological polar surface area (TPSA) is 17.1 Å². The van der Waals surface area contributed by atoms with Crippen LogP contribution in [0.2, 0.25) is 5.02 Å². The van der Waals surface area contributed by atoms with Gasteiger partial charge < -0.3 is 0 Å². The van der Waals surface area contributed by atoms with Gasteiger partial charge >= 0.3 is 0 Å². The van der Waals surface area contributed by atoms with Gasteiger partial charge in [0.25, 0.3) is 0 Å². The molecule has 0 saturated heterocycles. The highest BCUT2D eigenvalue weighted by atomic mass is 79.9. The minimum absolute atomic E-state index is 0.251. The molecule has 1 nitrogen and oxygen atoms in total. The molecule has 3 heteroatoms. The molecule has 98 valence electrons. The first-order chi connectivity index (χ1) is 8.56. The summed E-state index contributed by atoms with van der Waals surface area (Å²) in [5.74, 6) is 1.39. The highest BCUT2D eigenvalue weighted by molar-refractivity contribution is 9.10. The van der Waals surface area contributed by atoms with Crippen molar-refractivity contribution in [3.63, 3.8) is 0 Å². The highest BCUT2D eigenvalue weighted by Gasteiger charge is 2.24. The van der Waals surface area contributed by atoms with Crippen LogP contribution in [0.3, 0.4) is 0 Å². The fourth-order valence-corrected chi connectivity index (χ4v) is 3.32. The van der Waals surface area contributed by atoms with Crippen LogP contribution >= 0.6 is 27.5 Å². The van der Waals surface area contributed by atoms with E-state index in [0.29, 0.717) is 17.2 Å². The van der Waals surface area contributed by atoms with Gasteiger partial charge in [-0.2, -0.15) is 0 Å². The summed E-state index contributed by atoms with van der Waals surface area (Å²) < 4.78 is 0.954. The van der Waals surface area contributed by atoms with Crippen molar-refractivity contribution in [3.05, 3.63) is 33.3 Å². The van der Waals surface area contributed by atoms with Gasteiger partial charge in [0.2, 0.25) is 0 Å². The van der Waals surface area contributed by atoms with E-state index in [1.807, 2.05) is 18.2 Å². The van der Waals surface area contributed by atoms with Crippen LogP contribution in [0.4, 0.5) is 0 Å². The maximum Gasteiger partial charge on any atom is 0.140 e. The van der Waals surface area contributed by atoms with Gasteiger partial charge in [-0.15, -0.1) is 0 Å². The van der Waals surface area contributed by atoms with Gasteiger partial charge in [0.15, 0.2) is 0 Å². The number of hydrogen-bond donors (Lipinski definition) is 0. The lowest BCUT2D eigenvalue weighted by molar-refractivity contribution is -0.123. The van der Waals surface area contributed by atoms with Gasteiger partial charge in [-0.05, 0) is 36.5 Å². The van der Waals surface area contributed by atoms with Gasteiger partial charge in [0, 0.05) is 21.8 Å². The van der Waals surface area contributed by atoms with Crippen molar-refractivity contribution in [2.45, 2.75) is 39.0 Å². The lowest BCUT2D eigenvalue weighted by atomic mass is 9.80. The van der Waals surface area contributed by atoms with Crippen molar-refractivity contribution in [1.82, 2.24) is 0 Å². The van der Waals surface area contributed by atoms with Crippen molar-refractivity contribution in [3.8, 4) is 0 Å². The van der Waals surface area contributed by atoms with Gasteiger partial charge in [-0.3, -0.25) is 4.79 Å². The Balaban J connectivity index is 1.98. The molecule has 1 fully saturated rings. The third-order valence-corrected chi connectivity index (χ3v) is 4.70. The summed E-state index contributed by atoms with van der Waals surface area (Å²) in [4.78, 5) is 12.2. The lowest BCUT2D eigenvalue weighted by Crippen LogP contribution is -2.22. The van der Waals surface area contributed by atoms with E-state index >= 15 is 0 Å². The van der Waals surface area contributed by atoms with E-state index in [-0.39, 0.29) is 5.92 Å². The third-order valence-electron chi connectivity index (χ3n) is 3.85. The molecule has 0 aliphatic heterocycles. The molecule has 1 saturated carbocycles. The maximum atomic E-state index is 12.2. The van der Waals surface area contributed by atoms with Crippen molar-refractivity contribution in [1.29, 1.82) is 0 Å². The fourth-order valence-electron chi connectivity index (χ4n) is 2.58. The van der Waals surface area contributed by atoms with E-state index in [4.69, 9.17) is 11.6 Å². The summed E-state index contributed by atoms with van der Waals surface area (Å²) in [6.45, 7) is 2.27. The Morgan fingerprint density at radius 1 is 1.33 bits per heavy atom. The maximum absolute atomic E-state index is 12.2. The predicted octanol–water partition coefficient (Wildman–Crippen LogP) is 5.04. The van der Waals surface area contributed by atoms with Gasteiger partial charge in [-0.25, -0.2) is 0 Å². The molecule has 1 aliphatic rings. The molecule has 0 atom stereocenters. The summed E-state index contributed by atoms with van der Waals surface area (Å²) in [5.41, 5.74) is 0.948. The number of benzene rings is 1. The number of Topliss-reactive ketones (excluding diaryl/α,β-unsaturated/α-hetero) is 1. The van der Waals surface area contributed by atoms with E-state index in [1.54, 1.807) is 0 Å². The quantitative estimate of drug-likeness (QED) is 0.759. The molecule has 0 amide bonds. The molecule has 1 aliphatic carbocycles. The molecule has 0 N–H and O–H groups in total. The molecule has 1 aromatic rings. The number of ketones is 1. The van der Waals surface area contributed by atoms with E-state index in [2.05, 4.69) is 22.9 Å². The van der Waals surface area contributed by atoms with E-state index in [1.165, 1.54) is 12.8 Å². The lowest BCUT2D eigenvalue weighted by Gasteiger charge is -2.25. The molecular formula is C15H18BrClO. The summed E-state index contributed by atoms with van der Waals surface area (Å²) in [6, 6.07) is 5.74. The minimum atomic E-state index is 0.251.